The lowest BCUT2D eigenvalue weighted by Gasteiger charge is -2.35. The zero-order valence-corrected chi connectivity index (χ0v) is 14.0. The van der Waals surface area contributed by atoms with Gasteiger partial charge >= 0.3 is 0 Å². The fourth-order valence-corrected chi connectivity index (χ4v) is 3.07. The topological polar surface area (TPSA) is 23.6 Å². The zero-order valence-electron chi connectivity index (χ0n) is 12.4. The molecule has 116 valence electrons. The van der Waals surface area contributed by atoms with Crippen molar-refractivity contribution >= 4 is 29.1 Å². The Bertz CT molecular complexity index is 465. The third-order valence-corrected chi connectivity index (χ3v) is 4.62. The van der Waals surface area contributed by atoms with Gasteiger partial charge < -0.3 is 4.90 Å². The second-order valence-electron chi connectivity index (χ2n) is 5.46. The van der Waals surface area contributed by atoms with Crippen LogP contribution in [0.4, 0.5) is 0 Å². The Morgan fingerprint density at radius 1 is 1.14 bits per heavy atom. The van der Waals surface area contributed by atoms with Crippen LogP contribution in [0.25, 0.3) is 0 Å². The largest absolute Gasteiger partial charge is 0.340 e. The number of unbranched alkanes of at least 4 members (excludes halogenated alkanes) is 1. The number of rotatable bonds is 5. The third-order valence-electron chi connectivity index (χ3n) is 3.91. The Hall–Kier alpha value is -0.770. The summed E-state index contributed by atoms with van der Waals surface area (Å²) in [6, 6.07) is 5.60. The van der Waals surface area contributed by atoms with Crippen molar-refractivity contribution in [1.82, 2.24) is 9.80 Å². The maximum Gasteiger partial charge on any atom is 0.222 e. The number of halogens is 2. The second kappa shape index (κ2) is 8.02. The van der Waals surface area contributed by atoms with E-state index in [1.165, 1.54) is 0 Å². The molecule has 0 saturated carbocycles. The lowest BCUT2D eigenvalue weighted by molar-refractivity contribution is -0.133. The van der Waals surface area contributed by atoms with Crippen molar-refractivity contribution in [2.45, 2.75) is 32.7 Å². The first kappa shape index (κ1) is 16.6. The molecule has 5 heteroatoms. The number of piperazine rings is 1. The first-order chi connectivity index (χ1) is 10.1. The Morgan fingerprint density at radius 3 is 2.33 bits per heavy atom. The summed E-state index contributed by atoms with van der Waals surface area (Å²) in [5.74, 6) is 0.285. The summed E-state index contributed by atoms with van der Waals surface area (Å²) in [6.07, 6.45) is 2.72. The summed E-state index contributed by atoms with van der Waals surface area (Å²) in [7, 11) is 0. The van der Waals surface area contributed by atoms with Crippen LogP contribution in [0.3, 0.4) is 0 Å². The van der Waals surface area contributed by atoms with Gasteiger partial charge in [0, 0.05) is 54.8 Å². The number of hydrogen-bond donors (Lipinski definition) is 0. The standard InChI is InChI=1S/C16H22Cl2N2O/c1-2-3-7-16(21)20-10-8-19(9-11-20)12-13-14(17)5-4-6-15(13)18/h4-6H,2-3,7-12H2,1H3. The highest BCUT2D eigenvalue weighted by Gasteiger charge is 2.21. The van der Waals surface area contributed by atoms with E-state index < -0.39 is 0 Å². The molecule has 0 bridgehead atoms. The van der Waals surface area contributed by atoms with Gasteiger partial charge in [0.25, 0.3) is 0 Å². The molecular formula is C16H22Cl2N2O. The number of amides is 1. The van der Waals surface area contributed by atoms with E-state index in [-0.39, 0.29) is 5.91 Å². The minimum Gasteiger partial charge on any atom is -0.340 e. The predicted octanol–water partition coefficient (Wildman–Crippen LogP) is 3.83. The van der Waals surface area contributed by atoms with Crippen LogP contribution in [-0.4, -0.2) is 41.9 Å². The van der Waals surface area contributed by atoms with E-state index in [9.17, 15) is 4.79 Å². The van der Waals surface area contributed by atoms with Crippen LogP contribution in [0.1, 0.15) is 31.7 Å². The van der Waals surface area contributed by atoms with Gasteiger partial charge in [-0.05, 0) is 18.6 Å². The average Bonchev–Trinajstić information content (AvgIpc) is 2.49. The smallest absolute Gasteiger partial charge is 0.222 e. The van der Waals surface area contributed by atoms with E-state index in [2.05, 4.69) is 11.8 Å². The molecule has 0 aromatic heterocycles. The van der Waals surface area contributed by atoms with Crippen molar-refractivity contribution in [2.75, 3.05) is 26.2 Å². The molecule has 0 atom stereocenters. The van der Waals surface area contributed by atoms with Gasteiger partial charge in [-0.25, -0.2) is 0 Å². The lowest BCUT2D eigenvalue weighted by Crippen LogP contribution is -2.48. The molecule has 3 nitrogen and oxygen atoms in total. The summed E-state index contributed by atoms with van der Waals surface area (Å²) in [5, 5.41) is 1.42. The van der Waals surface area contributed by atoms with Crippen LogP contribution in [0.5, 0.6) is 0 Å². The van der Waals surface area contributed by atoms with Crippen LogP contribution < -0.4 is 0 Å². The molecule has 1 amide bonds. The number of benzene rings is 1. The van der Waals surface area contributed by atoms with E-state index in [1.54, 1.807) is 0 Å². The van der Waals surface area contributed by atoms with Crippen LogP contribution in [-0.2, 0) is 11.3 Å². The van der Waals surface area contributed by atoms with Crippen molar-refractivity contribution in [3.8, 4) is 0 Å². The number of hydrogen-bond acceptors (Lipinski definition) is 2. The third kappa shape index (κ3) is 4.60. The number of nitrogens with zero attached hydrogens (tertiary/aromatic N) is 2. The molecule has 1 fully saturated rings. The fraction of sp³-hybridized carbons (Fsp3) is 0.562. The van der Waals surface area contributed by atoms with Crippen molar-refractivity contribution in [3.05, 3.63) is 33.8 Å². The highest BCUT2D eigenvalue weighted by Crippen LogP contribution is 2.26. The zero-order chi connectivity index (χ0) is 15.2. The van der Waals surface area contributed by atoms with Crippen molar-refractivity contribution < 1.29 is 4.79 Å². The summed E-state index contributed by atoms with van der Waals surface area (Å²) in [5.41, 5.74) is 0.978. The summed E-state index contributed by atoms with van der Waals surface area (Å²) in [4.78, 5) is 16.3. The predicted molar refractivity (Wildman–Crippen MR) is 87.8 cm³/mol. The molecule has 1 aliphatic heterocycles. The maximum absolute atomic E-state index is 12.0. The first-order valence-electron chi connectivity index (χ1n) is 7.55. The summed E-state index contributed by atoms with van der Waals surface area (Å²) in [6.45, 7) is 6.20. The van der Waals surface area contributed by atoms with Crippen LogP contribution in [0, 0.1) is 0 Å². The summed E-state index contributed by atoms with van der Waals surface area (Å²) < 4.78 is 0. The van der Waals surface area contributed by atoms with E-state index in [1.807, 2.05) is 23.1 Å². The molecule has 21 heavy (non-hydrogen) atoms. The van der Waals surface area contributed by atoms with Gasteiger partial charge in [-0.15, -0.1) is 0 Å². The van der Waals surface area contributed by atoms with Gasteiger partial charge in [0.15, 0.2) is 0 Å². The number of carbonyl (C=O) groups excluding carboxylic acids is 1. The molecule has 0 radical (unpaired) electrons. The van der Waals surface area contributed by atoms with E-state index >= 15 is 0 Å². The minimum absolute atomic E-state index is 0.285. The highest BCUT2D eigenvalue weighted by atomic mass is 35.5. The second-order valence-corrected chi connectivity index (χ2v) is 6.28. The van der Waals surface area contributed by atoms with Gasteiger partial charge in [-0.2, -0.15) is 0 Å². The number of carbonyl (C=O) groups is 1. The molecule has 1 heterocycles. The van der Waals surface area contributed by atoms with Crippen LogP contribution in [0.15, 0.2) is 18.2 Å². The van der Waals surface area contributed by atoms with Crippen molar-refractivity contribution in [1.29, 1.82) is 0 Å². The van der Waals surface area contributed by atoms with Gasteiger partial charge in [0.1, 0.15) is 0 Å². The fourth-order valence-electron chi connectivity index (χ4n) is 2.55. The normalized spacial score (nSPS) is 16.2. The minimum atomic E-state index is 0.285. The lowest BCUT2D eigenvalue weighted by atomic mass is 10.1. The molecule has 0 spiro atoms. The maximum atomic E-state index is 12.0. The SMILES string of the molecule is CCCCC(=O)N1CCN(Cc2c(Cl)cccc2Cl)CC1. The molecule has 0 N–H and O–H groups in total. The Balaban J connectivity index is 1.86. The van der Waals surface area contributed by atoms with Gasteiger partial charge in [0.05, 0.1) is 0 Å². The first-order valence-corrected chi connectivity index (χ1v) is 8.30. The Labute approximate surface area is 136 Å². The Morgan fingerprint density at radius 2 is 1.76 bits per heavy atom. The van der Waals surface area contributed by atoms with E-state index in [4.69, 9.17) is 23.2 Å². The van der Waals surface area contributed by atoms with Crippen molar-refractivity contribution in [2.24, 2.45) is 0 Å². The highest BCUT2D eigenvalue weighted by molar-refractivity contribution is 6.35. The van der Waals surface area contributed by atoms with Crippen LogP contribution in [0.2, 0.25) is 10.0 Å². The Kier molecular flexibility index (Phi) is 6.34. The quantitative estimate of drug-likeness (QED) is 0.820. The monoisotopic (exact) mass is 328 g/mol. The van der Waals surface area contributed by atoms with Gasteiger partial charge in [0.2, 0.25) is 5.91 Å². The van der Waals surface area contributed by atoms with E-state index in [0.29, 0.717) is 16.5 Å². The summed E-state index contributed by atoms with van der Waals surface area (Å²) >= 11 is 12.4. The average molecular weight is 329 g/mol. The van der Waals surface area contributed by atoms with E-state index in [0.717, 1.165) is 51.1 Å². The molecule has 1 saturated heterocycles. The molecule has 2 rings (SSSR count). The van der Waals surface area contributed by atoms with Gasteiger partial charge in [-0.3, -0.25) is 9.69 Å². The molecule has 1 aromatic rings. The van der Waals surface area contributed by atoms with Crippen molar-refractivity contribution in [3.63, 3.8) is 0 Å². The molecule has 0 aliphatic carbocycles. The molecular weight excluding hydrogens is 307 g/mol. The van der Waals surface area contributed by atoms with Crippen LogP contribution >= 0.6 is 23.2 Å². The molecule has 1 aliphatic rings. The molecule has 1 aromatic carbocycles. The van der Waals surface area contributed by atoms with Gasteiger partial charge in [-0.1, -0.05) is 42.6 Å². The molecule has 0 unspecified atom stereocenters.